The molecule has 4 nitrogen and oxygen atoms in total. The summed E-state index contributed by atoms with van der Waals surface area (Å²) in [4.78, 5) is 21.6. The molecule has 0 radical (unpaired) electrons. The van der Waals surface area contributed by atoms with Crippen molar-refractivity contribution in [1.29, 1.82) is 0 Å². The van der Waals surface area contributed by atoms with Gasteiger partial charge in [0.15, 0.2) is 0 Å². The van der Waals surface area contributed by atoms with Gasteiger partial charge in [-0.2, -0.15) is 0 Å². The Morgan fingerprint density at radius 3 is 2.15 bits per heavy atom. The molecule has 0 saturated heterocycles. The molecule has 0 aromatic heterocycles. The molecule has 0 aromatic carbocycles. The number of ether oxygens (including phenoxy) is 2. The van der Waals surface area contributed by atoms with Crippen molar-refractivity contribution in [2.75, 3.05) is 0 Å². The molecule has 0 N–H and O–H groups in total. The lowest BCUT2D eigenvalue weighted by atomic mass is 10.2. The number of rotatable bonds is 4. The molecule has 13 heavy (non-hydrogen) atoms. The molecule has 1 unspecified atom stereocenters. The molecule has 4 heteroatoms. The maximum absolute atomic E-state index is 11.0. The Bertz CT molecular complexity index is 208. The van der Waals surface area contributed by atoms with Crippen LogP contribution in [-0.4, -0.2) is 18.2 Å². The maximum atomic E-state index is 11.0. The van der Waals surface area contributed by atoms with Gasteiger partial charge in [0.2, 0.25) is 6.29 Å². The van der Waals surface area contributed by atoms with Crippen LogP contribution in [0.3, 0.4) is 0 Å². The highest BCUT2D eigenvalue weighted by atomic mass is 16.7. The van der Waals surface area contributed by atoms with Crippen molar-refractivity contribution in [1.82, 2.24) is 0 Å². The summed E-state index contributed by atoms with van der Waals surface area (Å²) in [6, 6.07) is 0. The lowest BCUT2D eigenvalue weighted by Crippen LogP contribution is -2.23. The summed E-state index contributed by atoms with van der Waals surface area (Å²) in [5.74, 6) is -1.24. The number of esters is 2. The van der Waals surface area contributed by atoms with E-state index in [0.717, 1.165) is 6.08 Å². The maximum Gasteiger partial charge on any atom is 0.333 e. The smallest absolute Gasteiger partial charge is 0.333 e. The zero-order valence-electron chi connectivity index (χ0n) is 8.07. The van der Waals surface area contributed by atoms with Crippen LogP contribution in [0.4, 0.5) is 0 Å². The third-order valence-corrected chi connectivity index (χ3v) is 1.20. The molecular weight excluding hydrogens is 172 g/mol. The van der Waals surface area contributed by atoms with Crippen LogP contribution in [0, 0.1) is 5.92 Å². The highest BCUT2D eigenvalue weighted by molar-refractivity contribution is 5.81. The Morgan fingerprint density at radius 1 is 1.23 bits per heavy atom. The Labute approximate surface area is 77.5 Å². The minimum atomic E-state index is -0.861. The number of hydrogen-bond acceptors (Lipinski definition) is 4. The molecule has 0 aliphatic rings. The van der Waals surface area contributed by atoms with Gasteiger partial charge in [-0.25, -0.2) is 4.79 Å². The number of hydrogen-bond donors (Lipinski definition) is 0. The number of carbonyl (C=O) groups excluding carboxylic acids is 2. The van der Waals surface area contributed by atoms with Gasteiger partial charge in [0, 0.05) is 13.0 Å². The highest BCUT2D eigenvalue weighted by Gasteiger charge is 2.14. The van der Waals surface area contributed by atoms with Gasteiger partial charge in [-0.05, 0) is 0 Å². The van der Waals surface area contributed by atoms with Crippen LogP contribution in [0.15, 0.2) is 12.7 Å². The van der Waals surface area contributed by atoms with Crippen LogP contribution in [0.2, 0.25) is 0 Å². The predicted molar refractivity (Wildman–Crippen MR) is 46.7 cm³/mol. The summed E-state index contributed by atoms with van der Waals surface area (Å²) in [5, 5.41) is 0. The Kier molecular flexibility index (Phi) is 4.80. The molecule has 0 rings (SSSR count). The van der Waals surface area contributed by atoms with E-state index in [-0.39, 0.29) is 5.92 Å². The molecule has 0 heterocycles. The zero-order chi connectivity index (χ0) is 10.4. The highest BCUT2D eigenvalue weighted by Crippen LogP contribution is 2.01. The van der Waals surface area contributed by atoms with Gasteiger partial charge in [-0.15, -0.1) is 0 Å². The third kappa shape index (κ3) is 5.00. The summed E-state index contributed by atoms with van der Waals surface area (Å²) in [7, 11) is 0. The van der Waals surface area contributed by atoms with Crippen molar-refractivity contribution in [2.45, 2.75) is 27.1 Å². The average Bonchev–Trinajstić information content (AvgIpc) is 2.03. The van der Waals surface area contributed by atoms with Gasteiger partial charge < -0.3 is 9.47 Å². The minimum absolute atomic E-state index is 0.232. The monoisotopic (exact) mass is 186 g/mol. The normalized spacial score (nSPS) is 12.0. The van der Waals surface area contributed by atoms with Crippen LogP contribution in [0.5, 0.6) is 0 Å². The Balaban J connectivity index is 3.87. The SMILES string of the molecule is C=CC(=O)OC(C)OC(=O)C(C)C. The van der Waals surface area contributed by atoms with Crippen molar-refractivity contribution in [3.8, 4) is 0 Å². The van der Waals surface area contributed by atoms with E-state index in [1.165, 1.54) is 6.92 Å². The van der Waals surface area contributed by atoms with E-state index in [1.807, 2.05) is 0 Å². The van der Waals surface area contributed by atoms with Gasteiger partial charge in [0.1, 0.15) is 0 Å². The van der Waals surface area contributed by atoms with Crippen LogP contribution < -0.4 is 0 Å². The number of carbonyl (C=O) groups is 2. The van der Waals surface area contributed by atoms with Gasteiger partial charge in [0.05, 0.1) is 5.92 Å². The fourth-order valence-corrected chi connectivity index (χ4v) is 0.535. The lowest BCUT2D eigenvalue weighted by molar-refractivity contribution is -0.183. The summed E-state index contributed by atoms with van der Waals surface area (Å²) in [6.07, 6.45) is 0.153. The molecule has 0 bridgehead atoms. The zero-order valence-corrected chi connectivity index (χ0v) is 8.07. The van der Waals surface area contributed by atoms with Crippen molar-refractivity contribution in [3.05, 3.63) is 12.7 Å². The van der Waals surface area contributed by atoms with E-state index in [1.54, 1.807) is 13.8 Å². The summed E-state index contributed by atoms with van der Waals surface area (Å²) < 4.78 is 9.37. The Hall–Kier alpha value is -1.32. The molecule has 0 fully saturated rings. The van der Waals surface area contributed by atoms with Gasteiger partial charge in [-0.3, -0.25) is 4.79 Å². The van der Waals surface area contributed by atoms with Crippen molar-refractivity contribution >= 4 is 11.9 Å². The first-order valence-electron chi connectivity index (χ1n) is 4.01. The van der Waals surface area contributed by atoms with Crippen LogP contribution in [0.25, 0.3) is 0 Å². The van der Waals surface area contributed by atoms with Gasteiger partial charge in [-0.1, -0.05) is 20.4 Å². The Morgan fingerprint density at radius 2 is 1.77 bits per heavy atom. The second-order valence-corrected chi connectivity index (χ2v) is 2.80. The van der Waals surface area contributed by atoms with E-state index < -0.39 is 18.2 Å². The molecule has 1 atom stereocenters. The van der Waals surface area contributed by atoms with Crippen molar-refractivity contribution in [2.24, 2.45) is 5.92 Å². The van der Waals surface area contributed by atoms with Crippen molar-refractivity contribution in [3.63, 3.8) is 0 Å². The van der Waals surface area contributed by atoms with E-state index >= 15 is 0 Å². The second kappa shape index (κ2) is 5.35. The fraction of sp³-hybridized carbons (Fsp3) is 0.556. The van der Waals surface area contributed by atoms with E-state index in [2.05, 4.69) is 11.3 Å². The first-order valence-corrected chi connectivity index (χ1v) is 4.01. The van der Waals surface area contributed by atoms with Gasteiger partial charge >= 0.3 is 11.9 Å². The summed E-state index contributed by atoms with van der Waals surface area (Å²) >= 11 is 0. The molecular formula is C9H14O4. The second-order valence-electron chi connectivity index (χ2n) is 2.80. The quantitative estimate of drug-likeness (QED) is 0.377. The van der Waals surface area contributed by atoms with Crippen molar-refractivity contribution < 1.29 is 19.1 Å². The summed E-state index contributed by atoms with van der Waals surface area (Å²) in [6.45, 7) is 8.08. The third-order valence-electron chi connectivity index (χ3n) is 1.20. The molecule has 0 saturated carbocycles. The van der Waals surface area contributed by atoms with Crippen LogP contribution >= 0.6 is 0 Å². The molecule has 74 valence electrons. The predicted octanol–water partition coefficient (Wildman–Crippen LogP) is 1.26. The molecule has 0 aliphatic heterocycles. The first kappa shape index (κ1) is 11.7. The largest absolute Gasteiger partial charge is 0.425 e. The van der Waals surface area contributed by atoms with E-state index in [0.29, 0.717) is 0 Å². The minimum Gasteiger partial charge on any atom is -0.425 e. The van der Waals surface area contributed by atoms with Crippen LogP contribution in [-0.2, 0) is 19.1 Å². The molecule has 0 aliphatic carbocycles. The first-order chi connectivity index (χ1) is 5.97. The fourth-order valence-electron chi connectivity index (χ4n) is 0.535. The lowest BCUT2D eigenvalue weighted by Gasteiger charge is -2.13. The van der Waals surface area contributed by atoms with E-state index in [9.17, 15) is 9.59 Å². The summed E-state index contributed by atoms with van der Waals surface area (Å²) in [5.41, 5.74) is 0. The molecule has 0 spiro atoms. The standard InChI is InChI=1S/C9H14O4/c1-5-8(10)12-7(4)13-9(11)6(2)3/h5-7H,1H2,2-4H3. The molecule has 0 amide bonds. The topological polar surface area (TPSA) is 52.6 Å². The van der Waals surface area contributed by atoms with E-state index in [4.69, 9.17) is 4.74 Å². The van der Waals surface area contributed by atoms with Gasteiger partial charge in [0.25, 0.3) is 0 Å². The average molecular weight is 186 g/mol. The van der Waals surface area contributed by atoms with Crippen LogP contribution in [0.1, 0.15) is 20.8 Å². The molecule has 0 aromatic rings.